The van der Waals surface area contributed by atoms with Gasteiger partial charge in [-0.05, 0) is 89.0 Å². The van der Waals surface area contributed by atoms with E-state index in [9.17, 15) is 5.26 Å². The second kappa shape index (κ2) is 12.0. The molecule has 4 heteroatoms. The van der Waals surface area contributed by atoms with E-state index in [1.165, 1.54) is 0 Å². The maximum Gasteiger partial charge on any atom is 0.145 e. The summed E-state index contributed by atoms with van der Waals surface area (Å²) >= 11 is 0. The lowest BCUT2D eigenvalue weighted by Gasteiger charge is -2.16. The van der Waals surface area contributed by atoms with E-state index in [2.05, 4.69) is 120 Å². The predicted octanol–water partition coefficient (Wildman–Crippen LogP) is 12.6. The number of hydrogen-bond acceptors (Lipinski definition) is 3. The molecule has 0 saturated carbocycles. The number of nitrogens with zero attached hydrogens (tertiary/aromatic N) is 3. The molecule has 4 nitrogen and oxygen atoms in total. The van der Waals surface area contributed by atoms with Crippen molar-refractivity contribution >= 4 is 43.7 Å². The van der Waals surface area contributed by atoms with Crippen LogP contribution in [0.25, 0.3) is 94.2 Å². The van der Waals surface area contributed by atoms with Crippen molar-refractivity contribution in [3.63, 3.8) is 0 Å². The quantitative estimate of drug-likeness (QED) is 0.184. The summed E-state index contributed by atoms with van der Waals surface area (Å²) in [5, 5.41) is 14.3. The van der Waals surface area contributed by atoms with Gasteiger partial charge in [0.1, 0.15) is 11.2 Å². The molecule has 52 heavy (non-hydrogen) atoms. The highest BCUT2D eigenvalue weighted by atomic mass is 16.3. The van der Waals surface area contributed by atoms with E-state index in [1.807, 2.05) is 66.7 Å². The zero-order valence-electron chi connectivity index (χ0n) is 28.0. The van der Waals surface area contributed by atoms with Crippen LogP contribution >= 0.6 is 0 Å². The average Bonchev–Trinajstić information content (AvgIpc) is 3.77. The third-order valence-corrected chi connectivity index (χ3v) is 9.98. The summed E-state index contributed by atoms with van der Waals surface area (Å²) in [7, 11) is 0. The molecule has 3 aromatic heterocycles. The molecule has 7 aromatic carbocycles. The summed E-state index contributed by atoms with van der Waals surface area (Å²) < 4.78 is 8.94. The van der Waals surface area contributed by atoms with Gasteiger partial charge in [-0.2, -0.15) is 5.26 Å². The van der Waals surface area contributed by atoms with Crippen LogP contribution in [0.3, 0.4) is 0 Å². The lowest BCUT2D eigenvalue weighted by Crippen LogP contribution is -1.97. The zero-order chi connectivity index (χ0) is 34.6. The molecule has 0 bridgehead atoms. The molecule has 0 aliphatic heterocycles. The standard InChI is InChI=1S/C48H29N3O/c49-30-31-12-11-17-34(24-31)35-25-36(37-28-42(32-13-3-1-4-14-32)50-43(29-37)33-15-5-2-6-16-33)27-38(26-35)51-44-20-9-7-19-41(44)47-45(51)23-22-40-39-18-8-10-21-46(39)52-48(40)47/h1-29H. The van der Waals surface area contributed by atoms with Crippen molar-refractivity contribution in [1.29, 1.82) is 5.26 Å². The van der Waals surface area contributed by atoms with Crippen molar-refractivity contribution in [2.75, 3.05) is 0 Å². The van der Waals surface area contributed by atoms with Crippen LogP contribution in [0.5, 0.6) is 0 Å². The number of pyridine rings is 1. The van der Waals surface area contributed by atoms with Crippen LogP contribution in [0, 0.1) is 11.3 Å². The van der Waals surface area contributed by atoms with E-state index < -0.39 is 0 Å². The Morgan fingerprint density at radius 1 is 0.462 bits per heavy atom. The van der Waals surface area contributed by atoms with Crippen LogP contribution < -0.4 is 0 Å². The molecule has 0 radical (unpaired) electrons. The molecule has 3 heterocycles. The van der Waals surface area contributed by atoms with Gasteiger partial charge in [0.2, 0.25) is 0 Å². The first-order chi connectivity index (χ1) is 25.7. The Hall–Kier alpha value is -7.22. The van der Waals surface area contributed by atoms with Crippen molar-refractivity contribution in [1.82, 2.24) is 9.55 Å². The van der Waals surface area contributed by atoms with E-state index in [-0.39, 0.29) is 0 Å². The summed E-state index contributed by atoms with van der Waals surface area (Å²) in [6.45, 7) is 0. The highest BCUT2D eigenvalue weighted by molar-refractivity contribution is 6.23. The Labute approximate surface area is 300 Å². The Morgan fingerprint density at radius 3 is 1.81 bits per heavy atom. The van der Waals surface area contributed by atoms with Gasteiger partial charge in [0.05, 0.1) is 39.4 Å². The largest absolute Gasteiger partial charge is 0.455 e. The summed E-state index contributed by atoms with van der Waals surface area (Å²) in [4.78, 5) is 5.15. The van der Waals surface area contributed by atoms with E-state index >= 15 is 0 Å². The van der Waals surface area contributed by atoms with E-state index in [0.717, 1.165) is 94.2 Å². The van der Waals surface area contributed by atoms with Crippen LogP contribution in [-0.4, -0.2) is 9.55 Å². The smallest absolute Gasteiger partial charge is 0.145 e. The maximum absolute atomic E-state index is 9.83. The molecule has 10 rings (SSSR count). The molecule has 0 spiro atoms. The second-order valence-corrected chi connectivity index (χ2v) is 13.1. The minimum atomic E-state index is 0.621. The number of benzene rings is 7. The summed E-state index contributed by atoms with van der Waals surface area (Å²) in [5.41, 5.74) is 13.5. The summed E-state index contributed by atoms with van der Waals surface area (Å²) in [5.74, 6) is 0. The average molecular weight is 664 g/mol. The van der Waals surface area contributed by atoms with Gasteiger partial charge in [0, 0.05) is 33.0 Å². The van der Waals surface area contributed by atoms with Crippen molar-refractivity contribution in [3.05, 3.63) is 181 Å². The van der Waals surface area contributed by atoms with Crippen molar-refractivity contribution in [3.8, 4) is 56.5 Å². The first kappa shape index (κ1) is 29.7. The summed E-state index contributed by atoms with van der Waals surface area (Å²) in [6, 6.07) is 63.1. The Bertz CT molecular complexity index is 2960. The molecule has 0 atom stereocenters. The van der Waals surface area contributed by atoms with Crippen LogP contribution in [0.15, 0.2) is 180 Å². The minimum absolute atomic E-state index is 0.621. The minimum Gasteiger partial charge on any atom is -0.455 e. The summed E-state index contributed by atoms with van der Waals surface area (Å²) in [6.07, 6.45) is 0. The van der Waals surface area contributed by atoms with Crippen LogP contribution in [0.2, 0.25) is 0 Å². The van der Waals surface area contributed by atoms with Gasteiger partial charge in [-0.25, -0.2) is 4.98 Å². The van der Waals surface area contributed by atoms with E-state index in [0.29, 0.717) is 5.56 Å². The van der Waals surface area contributed by atoms with Gasteiger partial charge in [-0.1, -0.05) is 109 Å². The molecular weight excluding hydrogens is 635 g/mol. The fourth-order valence-electron chi connectivity index (χ4n) is 7.57. The van der Waals surface area contributed by atoms with Crippen molar-refractivity contribution in [2.45, 2.75) is 0 Å². The maximum atomic E-state index is 9.83. The first-order valence-electron chi connectivity index (χ1n) is 17.3. The molecule has 0 aliphatic carbocycles. The molecule has 0 saturated heterocycles. The van der Waals surface area contributed by atoms with Gasteiger partial charge < -0.3 is 8.98 Å². The molecule has 10 aromatic rings. The molecule has 0 unspecified atom stereocenters. The SMILES string of the molecule is N#Cc1cccc(-c2cc(-c3cc(-c4ccccc4)nc(-c4ccccc4)c3)cc(-n3c4ccccc4c4c5oc6ccccc6c5ccc43)c2)c1. The van der Waals surface area contributed by atoms with Gasteiger partial charge >= 0.3 is 0 Å². The second-order valence-electron chi connectivity index (χ2n) is 13.1. The number of para-hydroxylation sites is 2. The third-order valence-electron chi connectivity index (χ3n) is 9.98. The van der Waals surface area contributed by atoms with E-state index in [4.69, 9.17) is 9.40 Å². The van der Waals surface area contributed by atoms with Crippen LogP contribution in [0.4, 0.5) is 0 Å². The molecule has 0 N–H and O–H groups in total. The number of hydrogen-bond donors (Lipinski definition) is 0. The number of aromatic nitrogens is 2. The predicted molar refractivity (Wildman–Crippen MR) is 212 cm³/mol. The fourth-order valence-corrected chi connectivity index (χ4v) is 7.57. The van der Waals surface area contributed by atoms with Gasteiger partial charge in [-0.3, -0.25) is 0 Å². The normalized spacial score (nSPS) is 11.4. The van der Waals surface area contributed by atoms with Gasteiger partial charge in [0.25, 0.3) is 0 Å². The van der Waals surface area contributed by atoms with Gasteiger partial charge in [0.15, 0.2) is 0 Å². The zero-order valence-corrected chi connectivity index (χ0v) is 28.0. The number of fused-ring (bicyclic) bond motifs is 7. The van der Waals surface area contributed by atoms with E-state index in [1.54, 1.807) is 0 Å². The Balaban J connectivity index is 1.28. The fraction of sp³-hybridized carbons (Fsp3) is 0. The number of furan rings is 1. The lowest BCUT2D eigenvalue weighted by molar-refractivity contribution is 0.673. The highest BCUT2D eigenvalue weighted by Crippen LogP contribution is 2.42. The number of rotatable bonds is 5. The monoisotopic (exact) mass is 663 g/mol. The lowest BCUT2D eigenvalue weighted by atomic mass is 9.95. The van der Waals surface area contributed by atoms with Crippen molar-refractivity contribution < 1.29 is 4.42 Å². The molecule has 0 fully saturated rings. The molecule has 242 valence electrons. The molecule has 0 aliphatic rings. The van der Waals surface area contributed by atoms with Gasteiger partial charge in [-0.15, -0.1) is 0 Å². The number of nitriles is 1. The topological polar surface area (TPSA) is 54.8 Å². The van der Waals surface area contributed by atoms with Crippen LogP contribution in [-0.2, 0) is 0 Å². The first-order valence-corrected chi connectivity index (χ1v) is 17.3. The Morgan fingerprint density at radius 2 is 1.08 bits per heavy atom. The van der Waals surface area contributed by atoms with Crippen LogP contribution in [0.1, 0.15) is 5.56 Å². The highest BCUT2D eigenvalue weighted by Gasteiger charge is 2.20. The van der Waals surface area contributed by atoms with Crippen molar-refractivity contribution in [2.24, 2.45) is 0 Å². The Kier molecular flexibility index (Phi) is 6.84. The third kappa shape index (κ3) is 4.87. The molecule has 0 amide bonds. The molecular formula is C48H29N3O.